The fourth-order valence-corrected chi connectivity index (χ4v) is 3.31. The summed E-state index contributed by atoms with van der Waals surface area (Å²) in [6, 6.07) is 1.71. The number of anilines is 1. The summed E-state index contributed by atoms with van der Waals surface area (Å²) in [7, 11) is 3.24. The average molecular weight is 263 g/mol. The molecule has 1 aromatic rings. The molecule has 0 amide bonds. The van der Waals surface area contributed by atoms with Gasteiger partial charge in [0.1, 0.15) is 0 Å². The second-order valence-electron chi connectivity index (χ2n) is 5.46. The van der Waals surface area contributed by atoms with E-state index in [1.807, 2.05) is 0 Å². The van der Waals surface area contributed by atoms with E-state index >= 15 is 0 Å². The Balaban J connectivity index is 1.82. The van der Waals surface area contributed by atoms with Gasteiger partial charge in [-0.05, 0) is 24.7 Å². The second kappa shape index (κ2) is 5.23. The number of hydrogen-bond acceptors (Lipinski definition) is 5. The highest BCUT2D eigenvalue weighted by atomic mass is 16.5. The van der Waals surface area contributed by atoms with Crippen LogP contribution >= 0.6 is 0 Å². The predicted octanol–water partition coefficient (Wildman–Crippen LogP) is 2.12. The Hall–Kier alpha value is -1.52. The van der Waals surface area contributed by atoms with E-state index in [1.165, 1.54) is 25.7 Å². The molecular weight excluding hydrogens is 242 g/mol. The fraction of sp³-hybridized carbons (Fsp3) is 0.714. The second-order valence-corrected chi connectivity index (χ2v) is 5.46. The quantitative estimate of drug-likeness (QED) is 0.836. The molecule has 0 radical (unpaired) electrons. The van der Waals surface area contributed by atoms with Gasteiger partial charge in [-0.3, -0.25) is 0 Å². The van der Waals surface area contributed by atoms with Crippen LogP contribution in [0.15, 0.2) is 6.07 Å². The van der Waals surface area contributed by atoms with E-state index in [2.05, 4.69) is 14.9 Å². The lowest BCUT2D eigenvalue weighted by Crippen LogP contribution is -2.22. The third-order valence-electron chi connectivity index (χ3n) is 4.34. The predicted molar refractivity (Wildman–Crippen MR) is 72.8 cm³/mol. The summed E-state index contributed by atoms with van der Waals surface area (Å²) in [6.07, 6.45) is 5.44. The van der Waals surface area contributed by atoms with E-state index in [1.54, 1.807) is 20.3 Å². The van der Waals surface area contributed by atoms with Crippen LogP contribution in [0, 0.1) is 11.8 Å². The Bertz CT molecular complexity index is 416. The van der Waals surface area contributed by atoms with Gasteiger partial charge in [-0.1, -0.05) is 12.8 Å². The summed E-state index contributed by atoms with van der Waals surface area (Å²) < 4.78 is 10.4. The monoisotopic (exact) mass is 263 g/mol. The third-order valence-corrected chi connectivity index (χ3v) is 4.34. The van der Waals surface area contributed by atoms with Gasteiger partial charge in [-0.25, -0.2) is 0 Å². The minimum Gasteiger partial charge on any atom is -0.481 e. The average Bonchev–Trinajstić information content (AvgIpc) is 2.90. The highest BCUT2D eigenvalue weighted by molar-refractivity contribution is 5.38. The lowest BCUT2D eigenvalue weighted by Gasteiger charge is -2.22. The minimum absolute atomic E-state index is 0.566. The van der Waals surface area contributed by atoms with Gasteiger partial charge in [0.2, 0.25) is 17.7 Å². The molecule has 19 heavy (non-hydrogen) atoms. The van der Waals surface area contributed by atoms with Crippen LogP contribution < -0.4 is 14.4 Å². The molecule has 0 N–H and O–H groups in total. The number of ether oxygens (including phenoxy) is 2. The molecule has 0 bridgehead atoms. The van der Waals surface area contributed by atoms with Crippen molar-refractivity contribution >= 4 is 5.95 Å². The Morgan fingerprint density at radius 2 is 1.53 bits per heavy atom. The first kappa shape index (κ1) is 12.5. The summed E-state index contributed by atoms with van der Waals surface area (Å²) in [5.41, 5.74) is 0. The molecule has 1 aromatic heterocycles. The van der Waals surface area contributed by atoms with Crippen molar-refractivity contribution in [3.05, 3.63) is 6.07 Å². The van der Waals surface area contributed by atoms with Gasteiger partial charge in [-0.15, -0.1) is 0 Å². The summed E-state index contributed by atoms with van der Waals surface area (Å²) in [6.45, 7) is 2.14. The maximum atomic E-state index is 5.22. The van der Waals surface area contributed by atoms with E-state index in [4.69, 9.17) is 9.47 Å². The zero-order chi connectivity index (χ0) is 13.2. The third kappa shape index (κ3) is 2.46. The van der Waals surface area contributed by atoms with Crippen LogP contribution in [0.25, 0.3) is 0 Å². The van der Waals surface area contributed by atoms with Gasteiger partial charge in [-0.2, -0.15) is 9.97 Å². The Labute approximate surface area is 113 Å². The SMILES string of the molecule is COc1cc(OC)nc(N2CC3CCCCC3C2)n1. The Kier molecular flexibility index (Phi) is 3.44. The van der Waals surface area contributed by atoms with Crippen LogP contribution in [0.2, 0.25) is 0 Å². The molecule has 1 saturated heterocycles. The summed E-state index contributed by atoms with van der Waals surface area (Å²) in [5.74, 6) is 3.50. The van der Waals surface area contributed by atoms with E-state index in [0.717, 1.165) is 30.9 Å². The van der Waals surface area contributed by atoms with Crippen molar-refractivity contribution in [1.29, 1.82) is 0 Å². The van der Waals surface area contributed by atoms with Gasteiger partial charge < -0.3 is 14.4 Å². The van der Waals surface area contributed by atoms with Crippen molar-refractivity contribution in [3.8, 4) is 11.8 Å². The van der Waals surface area contributed by atoms with Gasteiger partial charge in [0.15, 0.2) is 0 Å². The molecule has 0 spiro atoms. The minimum atomic E-state index is 0.566. The number of aromatic nitrogens is 2. The lowest BCUT2D eigenvalue weighted by molar-refractivity contribution is 0.299. The highest BCUT2D eigenvalue weighted by Gasteiger charge is 2.35. The van der Waals surface area contributed by atoms with Crippen molar-refractivity contribution in [2.24, 2.45) is 11.8 Å². The number of nitrogens with zero attached hydrogens (tertiary/aromatic N) is 3. The zero-order valence-corrected chi connectivity index (χ0v) is 11.6. The molecule has 1 saturated carbocycles. The normalized spacial score (nSPS) is 26.1. The molecule has 2 aliphatic rings. The van der Waals surface area contributed by atoms with Crippen LogP contribution in [0.4, 0.5) is 5.95 Å². The Morgan fingerprint density at radius 3 is 2.00 bits per heavy atom. The molecule has 2 heterocycles. The first-order valence-electron chi connectivity index (χ1n) is 7.02. The van der Waals surface area contributed by atoms with E-state index in [9.17, 15) is 0 Å². The molecule has 1 aliphatic heterocycles. The molecule has 2 unspecified atom stereocenters. The molecule has 3 rings (SSSR count). The topological polar surface area (TPSA) is 47.5 Å². The molecule has 5 nitrogen and oxygen atoms in total. The first-order chi connectivity index (χ1) is 9.30. The smallest absolute Gasteiger partial charge is 0.231 e. The molecule has 2 fully saturated rings. The van der Waals surface area contributed by atoms with Crippen molar-refractivity contribution in [2.75, 3.05) is 32.2 Å². The Morgan fingerprint density at radius 1 is 1.00 bits per heavy atom. The molecule has 5 heteroatoms. The summed E-state index contributed by atoms with van der Waals surface area (Å²) in [5, 5.41) is 0. The number of hydrogen-bond donors (Lipinski definition) is 0. The first-order valence-corrected chi connectivity index (χ1v) is 7.02. The number of rotatable bonds is 3. The zero-order valence-electron chi connectivity index (χ0n) is 11.6. The van der Waals surface area contributed by atoms with Crippen LogP contribution in [0.3, 0.4) is 0 Å². The van der Waals surface area contributed by atoms with Crippen molar-refractivity contribution in [3.63, 3.8) is 0 Å². The van der Waals surface area contributed by atoms with E-state index < -0.39 is 0 Å². The van der Waals surface area contributed by atoms with Crippen LogP contribution in [-0.4, -0.2) is 37.3 Å². The number of methoxy groups -OCH3 is 2. The van der Waals surface area contributed by atoms with Crippen LogP contribution in [0.5, 0.6) is 11.8 Å². The van der Waals surface area contributed by atoms with Crippen LogP contribution in [0.1, 0.15) is 25.7 Å². The number of fused-ring (bicyclic) bond motifs is 1. The van der Waals surface area contributed by atoms with Crippen LogP contribution in [-0.2, 0) is 0 Å². The molecule has 2 atom stereocenters. The molecule has 0 aromatic carbocycles. The summed E-state index contributed by atoms with van der Waals surface area (Å²) in [4.78, 5) is 11.2. The van der Waals surface area contributed by atoms with Crippen molar-refractivity contribution in [2.45, 2.75) is 25.7 Å². The maximum absolute atomic E-state index is 5.22. The highest BCUT2D eigenvalue weighted by Crippen LogP contribution is 2.37. The van der Waals surface area contributed by atoms with E-state index in [0.29, 0.717) is 11.8 Å². The van der Waals surface area contributed by atoms with E-state index in [-0.39, 0.29) is 0 Å². The van der Waals surface area contributed by atoms with Crippen molar-refractivity contribution < 1.29 is 9.47 Å². The van der Waals surface area contributed by atoms with Gasteiger partial charge in [0, 0.05) is 13.1 Å². The lowest BCUT2D eigenvalue weighted by atomic mass is 9.82. The standard InChI is InChI=1S/C14H21N3O2/c1-18-12-7-13(19-2)16-14(15-12)17-8-10-5-3-4-6-11(10)9-17/h7,10-11H,3-6,8-9H2,1-2H3. The van der Waals surface area contributed by atoms with Crippen molar-refractivity contribution in [1.82, 2.24) is 9.97 Å². The maximum Gasteiger partial charge on any atom is 0.231 e. The molecular formula is C14H21N3O2. The molecule has 104 valence electrons. The largest absolute Gasteiger partial charge is 0.481 e. The van der Waals surface area contributed by atoms with Gasteiger partial charge in [0.05, 0.1) is 20.3 Å². The fourth-order valence-electron chi connectivity index (χ4n) is 3.31. The van der Waals surface area contributed by atoms with Gasteiger partial charge >= 0.3 is 0 Å². The summed E-state index contributed by atoms with van der Waals surface area (Å²) >= 11 is 0. The van der Waals surface area contributed by atoms with Gasteiger partial charge in [0.25, 0.3) is 0 Å². The molecule has 1 aliphatic carbocycles.